The van der Waals surface area contributed by atoms with E-state index in [-0.39, 0.29) is 18.4 Å². The third-order valence-electron chi connectivity index (χ3n) is 3.42. The molecule has 9 heteroatoms. The second kappa shape index (κ2) is 7.63. The van der Waals surface area contributed by atoms with Crippen LogP contribution in [-0.2, 0) is 22.6 Å². The molecule has 128 valence electrons. The number of hydrogen-bond acceptors (Lipinski definition) is 5. The van der Waals surface area contributed by atoms with Crippen LogP contribution in [-0.4, -0.2) is 27.2 Å². The summed E-state index contributed by atoms with van der Waals surface area (Å²) in [6.45, 7) is 1.53. The lowest BCUT2D eigenvalue weighted by atomic mass is 10.2. The fourth-order valence-electron chi connectivity index (χ4n) is 2.12. The topological polar surface area (TPSA) is 83.2 Å². The Morgan fingerprint density at radius 2 is 1.83 bits per heavy atom. The van der Waals surface area contributed by atoms with Crippen molar-refractivity contribution in [2.75, 3.05) is 7.11 Å². The summed E-state index contributed by atoms with van der Waals surface area (Å²) in [4.78, 5) is 39.6. The Balaban J connectivity index is 2.40. The maximum atomic E-state index is 12.6. The van der Waals surface area contributed by atoms with Crippen molar-refractivity contribution in [2.45, 2.75) is 20.0 Å². The molecule has 1 unspecified atom stereocenters. The smallest absolute Gasteiger partial charge is 0.354 e. The van der Waals surface area contributed by atoms with Crippen LogP contribution in [0.15, 0.2) is 33.9 Å². The summed E-state index contributed by atoms with van der Waals surface area (Å²) >= 11 is 11.8. The summed E-state index contributed by atoms with van der Waals surface area (Å²) in [7, 11) is 1.24. The van der Waals surface area contributed by atoms with E-state index in [1.807, 2.05) is 0 Å². The largest absolute Gasteiger partial charge is 0.469 e. The van der Waals surface area contributed by atoms with Gasteiger partial charge in [-0.25, -0.2) is 14.2 Å². The zero-order chi connectivity index (χ0) is 17.9. The number of aromatic nitrogens is 3. The highest BCUT2D eigenvalue weighted by Crippen LogP contribution is 2.11. The molecule has 0 aliphatic rings. The minimum atomic E-state index is -0.812. The van der Waals surface area contributed by atoms with Crippen molar-refractivity contribution in [3.05, 3.63) is 61.1 Å². The molecule has 1 aromatic heterocycles. The molecule has 0 aliphatic heterocycles. The number of methoxy groups -OCH3 is 1. The van der Waals surface area contributed by atoms with Gasteiger partial charge < -0.3 is 4.74 Å². The average Bonchev–Trinajstić information content (AvgIpc) is 2.56. The highest BCUT2D eigenvalue weighted by atomic mass is 35.5. The van der Waals surface area contributed by atoms with Crippen molar-refractivity contribution in [1.82, 2.24) is 14.1 Å². The first-order valence-electron chi connectivity index (χ1n) is 7.03. The van der Waals surface area contributed by atoms with Gasteiger partial charge in [0.25, 0.3) is 0 Å². The van der Waals surface area contributed by atoms with Gasteiger partial charge in [-0.1, -0.05) is 30.7 Å². The van der Waals surface area contributed by atoms with Gasteiger partial charge in [0.05, 0.1) is 19.6 Å². The molecular weight excluding hydrogens is 357 g/mol. The van der Waals surface area contributed by atoms with Crippen LogP contribution < -0.4 is 11.4 Å². The van der Waals surface area contributed by atoms with Gasteiger partial charge >= 0.3 is 17.3 Å². The molecule has 1 aromatic carbocycles. The van der Waals surface area contributed by atoms with Crippen LogP contribution in [0, 0.1) is 5.92 Å². The summed E-state index contributed by atoms with van der Waals surface area (Å²) < 4.78 is 6.62. The molecule has 0 saturated carbocycles. The maximum absolute atomic E-state index is 12.6. The van der Waals surface area contributed by atoms with E-state index in [1.165, 1.54) is 7.11 Å². The lowest BCUT2D eigenvalue weighted by molar-refractivity contribution is -0.145. The molecule has 0 bridgehead atoms. The van der Waals surface area contributed by atoms with Crippen LogP contribution in [0.4, 0.5) is 0 Å². The molecule has 0 saturated heterocycles. The summed E-state index contributed by atoms with van der Waals surface area (Å²) in [5.74, 6) is -1.20. The summed E-state index contributed by atoms with van der Waals surface area (Å²) in [5.41, 5.74) is -0.699. The predicted octanol–water partition coefficient (Wildman–Crippen LogP) is 1.57. The van der Waals surface area contributed by atoms with E-state index in [9.17, 15) is 14.4 Å². The molecule has 0 amide bonds. The van der Waals surface area contributed by atoms with Gasteiger partial charge in [0, 0.05) is 11.6 Å². The monoisotopic (exact) mass is 371 g/mol. The van der Waals surface area contributed by atoms with E-state index in [1.54, 1.807) is 31.2 Å². The molecule has 0 fully saturated rings. The molecule has 1 atom stereocenters. The number of carbonyl (C=O) groups is 1. The van der Waals surface area contributed by atoms with Crippen LogP contribution in [0.25, 0.3) is 0 Å². The third-order valence-corrected chi connectivity index (χ3v) is 3.96. The second-order valence-corrected chi connectivity index (χ2v) is 5.97. The maximum Gasteiger partial charge on any atom is 0.354 e. The molecule has 2 rings (SSSR count). The zero-order valence-electron chi connectivity index (χ0n) is 13.0. The van der Waals surface area contributed by atoms with Crippen molar-refractivity contribution < 1.29 is 9.53 Å². The number of ether oxygens (including phenoxy) is 1. The van der Waals surface area contributed by atoms with Crippen LogP contribution in [0.2, 0.25) is 10.3 Å². The molecule has 1 heterocycles. The fourth-order valence-corrected chi connectivity index (χ4v) is 2.45. The molecular formula is C15H15Cl2N3O4. The SMILES string of the molecule is COC(=O)C(C)Cn1c(=O)nc(Cl)n(Cc2ccc(Cl)cc2)c1=O. The lowest BCUT2D eigenvalue weighted by Gasteiger charge is -2.13. The van der Waals surface area contributed by atoms with Crippen molar-refractivity contribution in [3.8, 4) is 0 Å². The van der Waals surface area contributed by atoms with Gasteiger partial charge in [-0.2, -0.15) is 4.98 Å². The van der Waals surface area contributed by atoms with Crippen molar-refractivity contribution in [2.24, 2.45) is 5.92 Å². The second-order valence-electron chi connectivity index (χ2n) is 5.19. The molecule has 0 radical (unpaired) electrons. The minimum absolute atomic E-state index is 0.120. The van der Waals surface area contributed by atoms with Crippen molar-refractivity contribution in [3.63, 3.8) is 0 Å². The fraction of sp³-hybridized carbons (Fsp3) is 0.333. The number of hydrogen-bond donors (Lipinski definition) is 0. The van der Waals surface area contributed by atoms with Gasteiger partial charge in [-0.15, -0.1) is 0 Å². The van der Waals surface area contributed by atoms with E-state index < -0.39 is 23.3 Å². The van der Waals surface area contributed by atoms with Crippen LogP contribution in [0.3, 0.4) is 0 Å². The van der Waals surface area contributed by atoms with E-state index in [0.717, 1.165) is 14.7 Å². The quantitative estimate of drug-likeness (QED) is 0.744. The van der Waals surface area contributed by atoms with Crippen LogP contribution in [0.5, 0.6) is 0 Å². The average molecular weight is 372 g/mol. The number of benzene rings is 1. The van der Waals surface area contributed by atoms with Crippen LogP contribution in [0.1, 0.15) is 12.5 Å². The van der Waals surface area contributed by atoms with Crippen LogP contribution >= 0.6 is 23.2 Å². The number of esters is 1. The molecule has 2 aromatic rings. The Labute approximate surface area is 147 Å². The van der Waals surface area contributed by atoms with Gasteiger partial charge in [-0.05, 0) is 29.3 Å². The molecule has 0 spiro atoms. The Morgan fingerprint density at radius 3 is 2.42 bits per heavy atom. The number of rotatable bonds is 5. The molecule has 0 N–H and O–H groups in total. The van der Waals surface area contributed by atoms with E-state index >= 15 is 0 Å². The number of nitrogens with zero attached hydrogens (tertiary/aromatic N) is 3. The first-order valence-corrected chi connectivity index (χ1v) is 7.78. The van der Waals surface area contributed by atoms with Gasteiger partial charge in [-0.3, -0.25) is 9.36 Å². The highest BCUT2D eigenvalue weighted by molar-refractivity contribution is 6.30. The third kappa shape index (κ3) is 4.04. The Hall–Kier alpha value is -2.12. The molecule has 7 nitrogen and oxygen atoms in total. The Morgan fingerprint density at radius 1 is 1.21 bits per heavy atom. The summed E-state index contributed by atoms with van der Waals surface area (Å²) in [6.07, 6.45) is 0. The number of halogens is 2. The summed E-state index contributed by atoms with van der Waals surface area (Å²) in [6, 6.07) is 6.83. The molecule has 24 heavy (non-hydrogen) atoms. The first kappa shape index (κ1) is 18.2. The minimum Gasteiger partial charge on any atom is -0.469 e. The molecule has 0 aliphatic carbocycles. The predicted molar refractivity (Wildman–Crippen MR) is 89.5 cm³/mol. The van der Waals surface area contributed by atoms with Crippen molar-refractivity contribution in [1.29, 1.82) is 0 Å². The van der Waals surface area contributed by atoms with Gasteiger partial charge in [0.15, 0.2) is 0 Å². The number of carbonyl (C=O) groups excluding carboxylic acids is 1. The highest BCUT2D eigenvalue weighted by Gasteiger charge is 2.19. The standard InChI is InChI=1S/C15H15Cl2N3O4/c1-9(12(21)24-2)7-20-14(22)18-13(17)19(15(20)23)8-10-3-5-11(16)6-4-10/h3-6,9H,7-8H2,1-2H3. The van der Waals surface area contributed by atoms with Crippen molar-refractivity contribution >= 4 is 29.2 Å². The zero-order valence-corrected chi connectivity index (χ0v) is 14.5. The first-order chi connectivity index (χ1) is 11.3. The normalized spacial score (nSPS) is 12.0. The van der Waals surface area contributed by atoms with E-state index in [0.29, 0.717) is 5.02 Å². The summed E-state index contributed by atoms with van der Waals surface area (Å²) in [5, 5.41) is 0.342. The van der Waals surface area contributed by atoms with Gasteiger partial charge in [0.1, 0.15) is 0 Å². The van der Waals surface area contributed by atoms with Gasteiger partial charge in [0.2, 0.25) is 5.28 Å². The van der Waals surface area contributed by atoms with E-state index in [2.05, 4.69) is 9.72 Å². The Kier molecular flexibility index (Phi) is 5.80. The Bertz CT molecular complexity index is 859. The van der Waals surface area contributed by atoms with E-state index in [4.69, 9.17) is 23.2 Å². The lowest BCUT2D eigenvalue weighted by Crippen LogP contribution is -2.44.